The number of aromatic nitrogens is 1. The number of ketones is 1. The van der Waals surface area contributed by atoms with E-state index in [0.717, 1.165) is 9.88 Å². The first-order valence-electron chi connectivity index (χ1n) is 4.50. The number of carbonyl (C=O) groups is 1. The molecular weight excluding hydrogens is 198 g/mol. The fraction of sp³-hybridized carbons (Fsp3) is 0.400. The molecule has 0 saturated carbocycles. The smallest absolute Gasteiger partial charge is 0.159 e. The van der Waals surface area contributed by atoms with Crippen molar-refractivity contribution in [2.45, 2.75) is 25.7 Å². The summed E-state index contributed by atoms with van der Waals surface area (Å²) in [6, 6.07) is 0. The Hall–Kier alpha value is -1.16. The van der Waals surface area contributed by atoms with Crippen molar-refractivity contribution in [2.75, 3.05) is 0 Å². The molecule has 1 aromatic heterocycles. The van der Waals surface area contributed by atoms with Crippen molar-refractivity contribution in [3.8, 4) is 0 Å². The van der Waals surface area contributed by atoms with E-state index in [2.05, 4.69) is 4.98 Å². The van der Waals surface area contributed by atoms with Crippen LogP contribution in [-0.4, -0.2) is 15.9 Å². The zero-order valence-electron chi connectivity index (χ0n) is 7.86. The molecule has 1 aliphatic rings. The van der Waals surface area contributed by atoms with Gasteiger partial charge in [0.1, 0.15) is 0 Å². The Morgan fingerprint density at radius 3 is 2.93 bits per heavy atom. The maximum absolute atomic E-state index is 11.2. The van der Waals surface area contributed by atoms with Crippen LogP contribution in [0, 0.1) is 6.92 Å². The SMILES string of the molecule is Cc1ncc(C2CC(=O)C=C(O)C2)s1. The monoisotopic (exact) mass is 209 g/mol. The van der Waals surface area contributed by atoms with Crippen LogP contribution in [0.15, 0.2) is 18.0 Å². The highest BCUT2D eigenvalue weighted by Crippen LogP contribution is 2.33. The van der Waals surface area contributed by atoms with Gasteiger partial charge in [0, 0.05) is 35.9 Å². The van der Waals surface area contributed by atoms with Crippen LogP contribution in [0.3, 0.4) is 0 Å². The molecule has 1 unspecified atom stereocenters. The molecule has 1 aliphatic carbocycles. The molecule has 1 N–H and O–H groups in total. The maximum Gasteiger partial charge on any atom is 0.159 e. The van der Waals surface area contributed by atoms with E-state index >= 15 is 0 Å². The van der Waals surface area contributed by atoms with Crippen molar-refractivity contribution in [2.24, 2.45) is 0 Å². The van der Waals surface area contributed by atoms with Gasteiger partial charge in [-0.2, -0.15) is 0 Å². The minimum absolute atomic E-state index is 0.00445. The van der Waals surface area contributed by atoms with Crippen LogP contribution >= 0.6 is 11.3 Å². The van der Waals surface area contributed by atoms with E-state index < -0.39 is 0 Å². The predicted molar refractivity (Wildman–Crippen MR) is 54.5 cm³/mol. The van der Waals surface area contributed by atoms with Crippen LogP contribution in [0.5, 0.6) is 0 Å². The number of aryl methyl sites for hydroxylation is 1. The fourth-order valence-corrected chi connectivity index (χ4v) is 2.52. The molecule has 0 bridgehead atoms. The molecule has 1 aromatic rings. The second kappa shape index (κ2) is 3.53. The van der Waals surface area contributed by atoms with E-state index in [1.54, 1.807) is 17.5 Å². The van der Waals surface area contributed by atoms with Gasteiger partial charge in [0.25, 0.3) is 0 Å². The van der Waals surface area contributed by atoms with Crippen LogP contribution in [0.2, 0.25) is 0 Å². The Bertz CT molecular complexity index is 395. The molecule has 0 amide bonds. The standard InChI is InChI=1S/C10H11NO2S/c1-6-11-5-10(14-6)7-2-8(12)4-9(13)3-7/h4-5,7,12H,2-3H2,1H3. The summed E-state index contributed by atoms with van der Waals surface area (Å²) in [5, 5.41) is 10.3. The van der Waals surface area contributed by atoms with E-state index in [9.17, 15) is 9.90 Å². The second-order valence-electron chi connectivity index (χ2n) is 3.49. The molecule has 3 nitrogen and oxygen atoms in total. The van der Waals surface area contributed by atoms with Gasteiger partial charge in [-0.1, -0.05) is 0 Å². The molecule has 74 valence electrons. The van der Waals surface area contributed by atoms with Crippen molar-refractivity contribution in [3.63, 3.8) is 0 Å². The number of allylic oxidation sites excluding steroid dienone is 2. The van der Waals surface area contributed by atoms with E-state index in [1.807, 2.05) is 6.92 Å². The van der Waals surface area contributed by atoms with Crippen molar-refractivity contribution < 1.29 is 9.90 Å². The molecular formula is C10H11NO2S. The highest BCUT2D eigenvalue weighted by Gasteiger charge is 2.23. The normalized spacial score (nSPS) is 22.2. The van der Waals surface area contributed by atoms with Crippen LogP contribution in [-0.2, 0) is 4.79 Å². The summed E-state index contributed by atoms with van der Waals surface area (Å²) >= 11 is 1.60. The number of hydrogen-bond donors (Lipinski definition) is 1. The van der Waals surface area contributed by atoms with Crippen LogP contribution < -0.4 is 0 Å². The number of thiazole rings is 1. The Morgan fingerprint density at radius 1 is 1.57 bits per heavy atom. The maximum atomic E-state index is 11.2. The van der Waals surface area contributed by atoms with Gasteiger partial charge in [-0.3, -0.25) is 4.79 Å². The van der Waals surface area contributed by atoms with Crippen molar-refractivity contribution in [1.82, 2.24) is 4.98 Å². The minimum Gasteiger partial charge on any atom is -0.512 e. The summed E-state index contributed by atoms with van der Waals surface area (Å²) in [7, 11) is 0. The zero-order valence-corrected chi connectivity index (χ0v) is 8.67. The van der Waals surface area contributed by atoms with Crippen molar-refractivity contribution in [3.05, 3.63) is 27.9 Å². The molecule has 0 aromatic carbocycles. The lowest BCUT2D eigenvalue weighted by Crippen LogP contribution is -2.11. The third kappa shape index (κ3) is 1.85. The van der Waals surface area contributed by atoms with Crippen molar-refractivity contribution in [1.29, 1.82) is 0 Å². The van der Waals surface area contributed by atoms with E-state index in [4.69, 9.17) is 0 Å². The van der Waals surface area contributed by atoms with Crippen molar-refractivity contribution >= 4 is 17.1 Å². The Labute approximate surface area is 86.1 Å². The summed E-state index contributed by atoms with van der Waals surface area (Å²) in [6.07, 6.45) is 4.18. The first-order chi connectivity index (χ1) is 6.65. The lowest BCUT2D eigenvalue weighted by atomic mass is 9.91. The molecule has 4 heteroatoms. The summed E-state index contributed by atoms with van der Waals surface area (Å²) in [4.78, 5) is 16.5. The van der Waals surface area contributed by atoms with Crippen LogP contribution in [0.1, 0.15) is 28.6 Å². The van der Waals surface area contributed by atoms with Gasteiger partial charge in [0.05, 0.1) is 10.8 Å². The van der Waals surface area contributed by atoms with Gasteiger partial charge in [-0.25, -0.2) is 4.98 Å². The predicted octanol–water partition coefficient (Wildman–Crippen LogP) is 2.34. The fourth-order valence-electron chi connectivity index (χ4n) is 1.64. The lowest BCUT2D eigenvalue weighted by Gasteiger charge is -2.16. The summed E-state index contributed by atoms with van der Waals surface area (Å²) in [5.41, 5.74) is 0. The average Bonchev–Trinajstić information content (AvgIpc) is 2.50. The molecule has 0 saturated heterocycles. The molecule has 2 rings (SSSR count). The molecule has 1 heterocycles. The van der Waals surface area contributed by atoms with Gasteiger partial charge in [0.2, 0.25) is 0 Å². The largest absolute Gasteiger partial charge is 0.512 e. The number of nitrogens with zero attached hydrogens (tertiary/aromatic N) is 1. The quantitative estimate of drug-likeness (QED) is 0.772. The Kier molecular flexibility index (Phi) is 2.37. The molecule has 1 atom stereocenters. The number of aliphatic hydroxyl groups is 1. The van der Waals surface area contributed by atoms with Gasteiger partial charge in [-0.15, -0.1) is 11.3 Å². The van der Waals surface area contributed by atoms with Crippen LogP contribution in [0.25, 0.3) is 0 Å². The number of aliphatic hydroxyl groups excluding tert-OH is 1. The van der Waals surface area contributed by atoms with E-state index in [0.29, 0.717) is 12.8 Å². The minimum atomic E-state index is 0.00445. The van der Waals surface area contributed by atoms with E-state index in [1.165, 1.54) is 6.08 Å². The topological polar surface area (TPSA) is 50.2 Å². The molecule has 14 heavy (non-hydrogen) atoms. The second-order valence-corrected chi connectivity index (χ2v) is 4.76. The average molecular weight is 209 g/mol. The van der Waals surface area contributed by atoms with Gasteiger partial charge < -0.3 is 5.11 Å². The van der Waals surface area contributed by atoms with Crippen LogP contribution in [0.4, 0.5) is 0 Å². The first kappa shape index (κ1) is 9.40. The van der Waals surface area contributed by atoms with Gasteiger partial charge in [-0.05, 0) is 6.92 Å². The lowest BCUT2D eigenvalue weighted by molar-refractivity contribution is -0.115. The number of rotatable bonds is 1. The summed E-state index contributed by atoms with van der Waals surface area (Å²) < 4.78 is 0. The molecule has 0 fully saturated rings. The Balaban J connectivity index is 2.21. The Morgan fingerprint density at radius 2 is 2.36 bits per heavy atom. The number of carbonyl (C=O) groups excluding carboxylic acids is 1. The third-order valence-electron chi connectivity index (χ3n) is 2.27. The summed E-state index contributed by atoms with van der Waals surface area (Å²) in [5.74, 6) is 0.320. The van der Waals surface area contributed by atoms with Gasteiger partial charge in [0.15, 0.2) is 5.78 Å². The molecule has 0 aliphatic heterocycles. The summed E-state index contributed by atoms with van der Waals surface area (Å²) in [6.45, 7) is 1.94. The molecule has 0 radical (unpaired) electrons. The van der Waals surface area contributed by atoms with E-state index in [-0.39, 0.29) is 17.5 Å². The first-order valence-corrected chi connectivity index (χ1v) is 5.31. The third-order valence-corrected chi connectivity index (χ3v) is 3.35. The number of hydrogen-bond acceptors (Lipinski definition) is 4. The molecule has 0 spiro atoms. The zero-order chi connectivity index (χ0) is 10.1. The van der Waals surface area contributed by atoms with Gasteiger partial charge >= 0.3 is 0 Å². The highest BCUT2D eigenvalue weighted by atomic mass is 32.1. The highest BCUT2D eigenvalue weighted by molar-refractivity contribution is 7.11.